The number of carbonyl (C=O) groups excluding carboxylic acids is 1. The van der Waals surface area contributed by atoms with Crippen LogP contribution in [0.3, 0.4) is 0 Å². The van der Waals surface area contributed by atoms with Crippen molar-refractivity contribution >= 4 is 17.5 Å². The van der Waals surface area contributed by atoms with Gasteiger partial charge in [0.25, 0.3) is 5.91 Å². The lowest BCUT2D eigenvalue weighted by atomic mass is 10.00. The summed E-state index contributed by atoms with van der Waals surface area (Å²) in [6, 6.07) is 13.7. The molecule has 2 aliphatic rings. The van der Waals surface area contributed by atoms with E-state index >= 15 is 0 Å². The number of nitrogens with one attached hydrogen (secondary N) is 1. The first-order valence-electron chi connectivity index (χ1n) is 8.97. The summed E-state index contributed by atoms with van der Waals surface area (Å²) in [6.45, 7) is 2.46. The highest BCUT2D eigenvalue weighted by atomic mass is 35.5. The van der Waals surface area contributed by atoms with Crippen LogP contribution in [-0.4, -0.2) is 23.9 Å². The number of halogens is 1. The van der Waals surface area contributed by atoms with Crippen molar-refractivity contribution in [1.29, 1.82) is 0 Å². The van der Waals surface area contributed by atoms with Crippen LogP contribution in [0.1, 0.15) is 27.0 Å². The van der Waals surface area contributed by atoms with Crippen LogP contribution >= 0.6 is 11.6 Å². The molecule has 0 spiro atoms. The number of amides is 1. The van der Waals surface area contributed by atoms with Crippen LogP contribution < -0.4 is 5.32 Å². The normalized spacial score (nSPS) is 15.6. The van der Waals surface area contributed by atoms with E-state index in [1.807, 2.05) is 36.4 Å². The quantitative estimate of drug-likeness (QED) is 0.884. The third-order valence-electron chi connectivity index (χ3n) is 5.07. The molecular formula is C22H21ClN2O. The molecule has 0 atom stereocenters. The second kappa shape index (κ2) is 7.38. The molecule has 0 saturated carbocycles. The number of carbonyl (C=O) groups is 1. The molecule has 0 saturated heterocycles. The molecule has 4 rings (SSSR count). The molecule has 0 aromatic heterocycles. The second-order valence-corrected chi connectivity index (χ2v) is 7.10. The van der Waals surface area contributed by atoms with E-state index in [1.165, 1.54) is 16.8 Å². The number of hydrogen-bond acceptors (Lipinski definition) is 2. The maximum absolute atomic E-state index is 12.5. The summed E-state index contributed by atoms with van der Waals surface area (Å²) in [5.41, 5.74) is 5.58. The molecular weight excluding hydrogens is 344 g/mol. The fourth-order valence-electron chi connectivity index (χ4n) is 3.44. The van der Waals surface area contributed by atoms with Crippen LogP contribution in [0.4, 0.5) is 0 Å². The lowest BCUT2D eigenvalue weighted by Gasteiger charge is -2.26. The minimum atomic E-state index is -0.0570. The van der Waals surface area contributed by atoms with Crippen molar-refractivity contribution < 1.29 is 4.79 Å². The zero-order chi connectivity index (χ0) is 17.9. The fourth-order valence-corrected chi connectivity index (χ4v) is 3.64. The lowest BCUT2D eigenvalue weighted by Crippen LogP contribution is -2.26. The average Bonchev–Trinajstić information content (AvgIpc) is 2.82. The Morgan fingerprint density at radius 1 is 1.08 bits per heavy atom. The van der Waals surface area contributed by atoms with Gasteiger partial charge in [-0.1, -0.05) is 41.9 Å². The SMILES string of the molecule is O=C(NCc1ccccc1Cl)c1ccc2c(c1)CCN(C1=CC=C1)CC2. The van der Waals surface area contributed by atoms with Crippen molar-refractivity contribution in [2.75, 3.05) is 13.1 Å². The van der Waals surface area contributed by atoms with Gasteiger partial charge in [-0.05, 0) is 59.9 Å². The van der Waals surface area contributed by atoms with Gasteiger partial charge in [-0.3, -0.25) is 4.79 Å². The van der Waals surface area contributed by atoms with Crippen molar-refractivity contribution in [3.63, 3.8) is 0 Å². The van der Waals surface area contributed by atoms with Gasteiger partial charge in [0.05, 0.1) is 0 Å². The van der Waals surface area contributed by atoms with Crippen LogP contribution in [0.25, 0.3) is 0 Å². The molecule has 0 radical (unpaired) electrons. The van der Waals surface area contributed by atoms with E-state index in [0.29, 0.717) is 17.1 Å². The van der Waals surface area contributed by atoms with E-state index in [-0.39, 0.29) is 5.91 Å². The van der Waals surface area contributed by atoms with E-state index in [2.05, 4.69) is 34.5 Å². The molecule has 0 fully saturated rings. The summed E-state index contributed by atoms with van der Waals surface area (Å²) in [6.07, 6.45) is 8.37. The largest absolute Gasteiger partial charge is 0.371 e. The predicted octanol–water partition coefficient (Wildman–Crippen LogP) is 4.12. The van der Waals surface area contributed by atoms with Gasteiger partial charge in [-0.15, -0.1) is 0 Å². The third-order valence-corrected chi connectivity index (χ3v) is 5.44. The minimum Gasteiger partial charge on any atom is -0.371 e. The van der Waals surface area contributed by atoms with Gasteiger partial charge in [-0.2, -0.15) is 0 Å². The van der Waals surface area contributed by atoms with Gasteiger partial charge < -0.3 is 10.2 Å². The molecule has 1 amide bonds. The summed E-state index contributed by atoms with van der Waals surface area (Å²) in [4.78, 5) is 15.0. The molecule has 1 heterocycles. The maximum Gasteiger partial charge on any atom is 0.251 e. The topological polar surface area (TPSA) is 32.3 Å². The van der Waals surface area contributed by atoms with Crippen molar-refractivity contribution in [2.24, 2.45) is 0 Å². The Balaban J connectivity index is 1.43. The smallest absolute Gasteiger partial charge is 0.251 e. The molecule has 0 bridgehead atoms. The van der Waals surface area contributed by atoms with E-state index in [0.717, 1.165) is 31.5 Å². The van der Waals surface area contributed by atoms with E-state index in [1.54, 1.807) is 0 Å². The molecule has 3 nitrogen and oxygen atoms in total. The molecule has 132 valence electrons. The maximum atomic E-state index is 12.5. The van der Waals surface area contributed by atoms with Crippen LogP contribution in [0.2, 0.25) is 5.02 Å². The number of rotatable bonds is 4. The molecule has 2 aromatic carbocycles. The Bertz CT molecular complexity index is 901. The van der Waals surface area contributed by atoms with Crippen molar-refractivity contribution in [3.05, 3.63) is 93.7 Å². The van der Waals surface area contributed by atoms with Crippen LogP contribution in [0, 0.1) is 0 Å². The van der Waals surface area contributed by atoms with E-state index in [9.17, 15) is 4.79 Å². The minimum absolute atomic E-state index is 0.0570. The third kappa shape index (κ3) is 3.54. The Morgan fingerprint density at radius 3 is 2.58 bits per heavy atom. The van der Waals surface area contributed by atoms with Gasteiger partial charge in [-0.25, -0.2) is 0 Å². The Kier molecular flexibility index (Phi) is 4.81. The first-order chi connectivity index (χ1) is 12.7. The average molecular weight is 365 g/mol. The van der Waals surface area contributed by atoms with Gasteiger partial charge in [0.2, 0.25) is 0 Å². The number of benzene rings is 2. The van der Waals surface area contributed by atoms with Crippen LogP contribution in [-0.2, 0) is 19.4 Å². The second-order valence-electron chi connectivity index (χ2n) is 6.70. The summed E-state index contributed by atoms with van der Waals surface area (Å²) >= 11 is 6.16. The van der Waals surface area contributed by atoms with Gasteiger partial charge >= 0.3 is 0 Å². The summed E-state index contributed by atoms with van der Waals surface area (Å²) in [5.74, 6) is -0.0570. The van der Waals surface area contributed by atoms with Gasteiger partial charge in [0.1, 0.15) is 0 Å². The molecule has 26 heavy (non-hydrogen) atoms. The summed E-state index contributed by atoms with van der Waals surface area (Å²) < 4.78 is 0. The molecule has 4 heteroatoms. The first kappa shape index (κ1) is 16.9. The number of hydrogen-bond donors (Lipinski definition) is 1. The standard InChI is InChI=1S/C22H21ClN2O/c23-21-7-2-1-4-19(21)15-24-22(26)18-9-8-16-10-12-25(20-5-3-6-20)13-11-17(16)14-18/h1-9,14H,10-13,15H2,(H,24,26). The summed E-state index contributed by atoms with van der Waals surface area (Å²) in [5, 5.41) is 3.65. The highest BCUT2D eigenvalue weighted by Gasteiger charge is 2.17. The van der Waals surface area contributed by atoms with Crippen molar-refractivity contribution in [1.82, 2.24) is 10.2 Å². The fraction of sp³-hybridized carbons (Fsp3) is 0.227. The van der Waals surface area contributed by atoms with Gasteiger partial charge in [0.15, 0.2) is 0 Å². The predicted molar refractivity (Wildman–Crippen MR) is 105 cm³/mol. The molecule has 2 aromatic rings. The zero-order valence-electron chi connectivity index (χ0n) is 14.5. The first-order valence-corrected chi connectivity index (χ1v) is 9.35. The number of fused-ring (bicyclic) bond motifs is 1. The molecule has 0 unspecified atom stereocenters. The summed E-state index contributed by atoms with van der Waals surface area (Å²) in [7, 11) is 0. The Labute approximate surface area is 159 Å². The highest BCUT2D eigenvalue weighted by molar-refractivity contribution is 6.31. The monoisotopic (exact) mass is 364 g/mol. The molecule has 1 aliphatic carbocycles. The van der Waals surface area contributed by atoms with Crippen molar-refractivity contribution in [3.8, 4) is 0 Å². The van der Waals surface area contributed by atoms with Gasteiger partial charge in [0, 0.05) is 35.9 Å². The van der Waals surface area contributed by atoms with Crippen LogP contribution in [0.15, 0.2) is 66.4 Å². The van der Waals surface area contributed by atoms with Crippen LogP contribution in [0.5, 0.6) is 0 Å². The highest BCUT2D eigenvalue weighted by Crippen LogP contribution is 2.22. The van der Waals surface area contributed by atoms with E-state index < -0.39 is 0 Å². The van der Waals surface area contributed by atoms with Crippen molar-refractivity contribution in [2.45, 2.75) is 19.4 Å². The number of allylic oxidation sites excluding steroid dienone is 3. The zero-order valence-corrected chi connectivity index (χ0v) is 15.3. The van der Waals surface area contributed by atoms with E-state index in [4.69, 9.17) is 11.6 Å². The lowest BCUT2D eigenvalue weighted by molar-refractivity contribution is 0.0951. The Hall–Kier alpha value is -2.52. The molecule has 1 aliphatic heterocycles. The molecule has 1 N–H and O–H groups in total. The Morgan fingerprint density at radius 2 is 1.85 bits per heavy atom. The number of nitrogens with zero attached hydrogens (tertiary/aromatic N) is 1.